The van der Waals surface area contributed by atoms with Gasteiger partial charge < -0.3 is 5.32 Å². The maximum absolute atomic E-state index is 3.38. The summed E-state index contributed by atoms with van der Waals surface area (Å²) in [6.07, 6.45) is 7.30. The second-order valence-electron chi connectivity index (χ2n) is 2.93. The maximum atomic E-state index is 3.38. The molecule has 0 aliphatic heterocycles. The van der Waals surface area contributed by atoms with Crippen molar-refractivity contribution in [3.8, 4) is 0 Å². The van der Waals surface area contributed by atoms with Crippen LogP contribution in [0.5, 0.6) is 0 Å². The second kappa shape index (κ2) is 7.64. The SMILES string of the molecule is CC/C=C(\C)NCCCCC. The lowest BCUT2D eigenvalue weighted by Crippen LogP contribution is -2.12. The first-order chi connectivity index (χ1) is 5.31. The van der Waals surface area contributed by atoms with Gasteiger partial charge in [-0.2, -0.15) is 0 Å². The molecule has 66 valence electrons. The van der Waals surface area contributed by atoms with E-state index in [9.17, 15) is 0 Å². The van der Waals surface area contributed by atoms with Gasteiger partial charge in [-0.05, 0) is 19.8 Å². The van der Waals surface area contributed by atoms with Crippen LogP contribution in [0.3, 0.4) is 0 Å². The molecule has 0 radical (unpaired) electrons. The maximum Gasteiger partial charge on any atom is 0.0143 e. The zero-order valence-corrected chi connectivity index (χ0v) is 8.11. The summed E-state index contributed by atoms with van der Waals surface area (Å²) in [5.41, 5.74) is 1.32. The Bertz CT molecular complexity index is 105. The van der Waals surface area contributed by atoms with Crippen molar-refractivity contribution >= 4 is 0 Å². The lowest BCUT2D eigenvalue weighted by Gasteiger charge is -2.04. The Morgan fingerprint density at radius 1 is 1.27 bits per heavy atom. The van der Waals surface area contributed by atoms with Crippen LogP contribution >= 0.6 is 0 Å². The summed E-state index contributed by atoms with van der Waals surface area (Å²) in [5.74, 6) is 0. The fourth-order valence-electron chi connectivity index (χ4n) is 1.04. The minimum Gasteiger partial charge on any atom is -0.389 e. The molecule has 1 nitrogen and oxygen atoms in total. The highest BCUT2D eigenvalue weighted by molar-refractivity contribution is 4.93. The lowest BCUT2D eigenvalue weighted by atomic mass is 10.2. The van der Waals surface area contributed by atoms with E-state index in [-0.39, 0.29) is 0 Å². The summed E-state index contributed by atoms with van der Waals surface area (Å²) in [6, 6.07) is 0. The molecule has 1 N–H and O–H groups in total. The normalized spacial score (nSPS) is 11.7. The summed E-state index contributed by atoms with van der Waals surface area (Å²) in [4.78, 5) is 0. The van der Waals surface area contributed by atoms with Crippen LogP contribution in [0.2, 0.25) is 0 Å². The first kappa shape index (κ1) is 10.5. The quantitative estimate of drug-likeness (QED) is 0.581. The minimum absolute atomic E-state index is 1.13. The Balaban J connectivity index is 3.17. The number of nitrogens with one attached hydrogen (secondary N) is 1. The van der Waals surface area contributed by atoms with Crippen LogP contribution in [0.4, 0.5) is 0 Å². The topological polar surface area (TPSA) is 12.0 Å². The highest BCUT2D eigenvalue weighted by Gasteiger charge is 1.86. The van der Waals surface area contributed by atoms with Crippen LogP contribution in [0.1, 0.15) is 46.5 Å². The second-order valence-corrected chi connectivity index (χ2v) is 2.93. The van der Waals surface area contributed by atoms with Gasteiger partial charge >= 0.3 is 0 Å². The van der Waals surface area contributed by atoms with Crippen molar-refractivity contribution < 1.29 is 0 Å². The molecule has 0 saturated heterocycles. The molecule has 11 heavy (non-hydrogen) atoms. The van der Waals surface area contributed by atoms with Crippen molar-refractivity contribution in [2.75, 3.05) is 6.54 Å². The van der Waals surface area contributed by atoms with E-state index in [0.717, 1.165) is 13.0 Å². The Kier molecular flexibility index (Phi) is 7.33. The van der Waals surface area contributed by atoms with Crippen molar-refractivity contribution in [3.63, 3.8) is 0 Å². The molecule has 0 aromatic carbocycles. The summed E-state index contributed by atoms with van der Waals surface area (Å²) >= 11 is 0. The van der Waals surface area contributed by atoms with Crippen molar-refractivity contribution in [2.24, 2.45) is 0 Å². The molecule has 0 rings (SSSR count). The van der Waals surface area contributed by atoms with Gasteiger partial charge in [0.15, 0.2) is 0 Å². The van der Waals surface area contributed by atoms with E-state index in [2.05, 4.69) is 32.2 Å². The van der Waals surface area contributed by atoms with Gasteiger partial charge in [-0.15, -0.1) is 0 Å². The highest BCUT2D eigenvalue weighted by Crippen LogP contribution is 1.94. The Morgan fingerprint density at radius 3 is 2.55 bits per heavy atom. The molecule has 1 heteroatoms. The average Bonchev–Trinajstić information content (AvgIpc) is 1.99. The van der Waals surface area contributed by atoms with Crippen LogP contribution in [-0.2, 0) is 0 Å². The molecule has 0 atom stereocenters. The third-order valence-corrected chi connectivity index (χ3v) is 1.69. The molecule has 0 bridgehead atoms. The van der Waals surface area contributed by atoms with Gasteiger partial charge in [0.05, 0.1) is 0 Å². The summed E-state index contributed by atoms with van der Waals surface area (Å²) in [5, 5.41) is 3.38. The van der Waals surface area contributed by atoms with Crippen LogP contribution < -0.4 is 5.32 Å². The predicted molar refractivity (Wildman–Crippen MR) is 51.6 cm³/mol. The van der Waals surface area contributed by atoms with Gasteiger partial charge in [0.2, 0.25) is 0 Å². The third-order valence-electron chi connectivity index (χ3n) is 1.69. The third kappa shape index (κ3) is 7.44. The van der Waals surface area contributed by atoms with Gasteiger partial charge in [0.25, 0.3) is 0 Å². The van der Waals surface area contributed by atoms with E-state index in [4.69, 9.17) is 0 Å². The van der Waals surface area contributed by atoms with Gasteiger partial charge in [-0.1, -0.05) is 32.8 Å². The average molecular weight is 155 g/mol. The van der Waals surface area contributed by atoms with Crippen molar-refractivity contribution in [3.05, 3.63) is 11.8 Å². The molecule has 0 fully saturated rings. The molecular weight excluding hydrogens is 134 g/mol. The van der Waals surface area contributed by atoms with E-state index >= 15 is 0 Å². The number of hydrogen-bond donors (Lipinski definition) is 1. The first-order valence-electron chi connectivity index (χ1n) is 4.71. The Hall–Kier alpha value is -0.460. The molecule has 0 unspecified atom stereocenters. The van der Waals surface area contributed by atoms with Crippen LogP contribution in [0, 0.1) is 0 Å². The van der Waals surface area contributed by atoms with Gasteiger partial charge in [0, 0.05) is 12.2 Å². The predicted octanol–water partition coefficient (Wildman–Crippen LogP) is 3.08. The van der Waals surface area contributed by atoms with Crippen LogP contribution in [0.25, 0.3) is 0 Å². The van der Waals surface area contributed by atoms with Crippen molar-refractivity contribution in [1.29, 1.82) is 0 Å². The fourth-order valence-corrected chi connectivity index (χ4v) is 1.04. The highest BCUT2D eigenvalue weighted by atomic mass is 14.9. The number of rotatable bonds is 6. The van der Waals surface area contributed by atoms with E-state index in [0.29, 0.717) is 0 Å². The molecule has 0 heterocycles. The summed E-state index contributed by atoms with van der Waals surface area (Å²) in [7, 11) is 0. The molecule has 0 saturated carbocycles. The zero-order chi connectivity index (χ0) is 8.53. The minimum atomic E-state index is 1.13. The summed E-state index contributed by atoms with van der Waals surface area (Å²) in [6.45, 7) is 7.66. The van der Waals surface area contributed by atoms with E-state index in [1.54, 1.807) is 0 Å². The van der Waals surface area contributed by atoms with Crippen molar-refractivity contribution in [2.45, 2.75) is 46.5 Å². The molecule has 0 spiro atoms. The standard InChI is InChI=1S/C10H21N/c1-4-6-7-9-11-10(3)8-5-2/h8,11H,4-7,9H2,1-3H3/b10-8+. The summed E-state index contributed by atoms with van der Waals surface area (Å²) < 4.78 is 0. The first-order valence-corrected chi connectivity index (χ1v) is 4.71. The smallest absolute Gasteiger partial charge is 0.0143 e. The number of hydrogen-bond acceptors (Lipinski definition) is 1. The van der Waals surface area contributed by atoms with E-state index < -0.39 is 0 Å². The number of allylic oxidation sites excluding steroid dienone is 2. The molecule has 0 aliphatic rings. The van der Waals surface area contributed by atoms with Crippen LogP contribution in [-0.4, -0.2) is 6.54 Å². The fraction of sp³-hybridized carbons (Fsp3) is 0.800. The van der Waals surface area contributed by atoms with Gasteiger partial charge in [-0.25, -0.2) is 0 Å². The molecule has 0 aromatic heterocycles. The lowest BCUT2D eigenvalue weighted by molar-refractivity contribution is 0.666. The van der Waals surface area contributed by atoms with Crippen molar-refractivity contribution in [1.82, 2.24) is 5.32 Å². The van der Waals surface area contributed by atoms with E-state index in [1.807, 2.05) is 0 Å². The van der Waals surface area contributed by atoms with Gasteiger partial charge in [-0.3, -0.25) is 0 Å². The Labute approximate surface area is 70.9 Å². The van der Waals surface area contributed by atoms with E-state index in [1.165, 1.54) is 25.0 Å². The molecular formula is C10H21N. The number of unbranched alkanes of at least 4 members (excludes halogenated alkanes) is 2. The monoisotopic (exact) mass is 155 g/mol. The molecule has 0 aromatic rings. The van der Waals surface area contributed by atoms with Gasteiger partial charge in [0.1, 0.15) is 0 Å². The Morgan fingerprint density at radius 2 is 2.00 bits per heavy atom. The van der Waals surface area contributed by atoms with Crippen LogP contribution in [0.15, 0.2) is 11.8 Å². The zero-order valence-electron chi connectivity index (χ0n) is 8.11. The largest absolute Gasteiger partial charge is 0.389 e. The molecule has 0 aliphatic carbocycles. The molecule has 0 amide bonds.